The molecule has 0 heterocycles. The zero-order chi connectivity index (χ0) is 10.8. The first-order valence-corrected chi connectivity index (χ1v) is 6.15. The summed E-state index contributed by atoms with van der Waals surface area (Å²) in [7, 11) is 0. The van der Waals surface area contributed by atoms with Gasteiger partial charge in [-0.2, -0.15) is 0 Å². The first-order valence-electron chi connectivity index (χ1n) is 5.39. The topological polar surface area (TPSA) is 26.0 Å². The molecule has 0 saturated heterocycles. The van der Waals surface area contributed by atoms with Crippen LogP contribution in [0.3, 0.4) is 0 Å². The number of hydrogen-bond acceptors (Lipinski definition) is 1. The first-order chi connectivity index (χ1) is 7.20. The van der Waals surface area contributed by atoms with Crippen molar-refractivity contribution in [1.29, 1.82) is 0 Å². The van der Waals surface area contributed by atoms with E-state index in [1.807, 2.05) is 18.2 Å². The van der Waals surface area contributed by atoms with Gasteiger partial charge in [0.25, 0.3) is 0 Å². The lowest BCUT2D eigenvalue weighted by Crippen LogP contribution is -2.31. The van der Waals surface area contributed by atoms with Crippen LogP contribution < -0.4 is 5.73 Å². The van der Waals surface area contributed by atoms with Crippen molar-refractivity contribution < 1.29 is 0 Å². The Hall–Kier alpha value is -0.240. The van der Waals surface area contributed by atoms with E-state index >= 15 is 0 Å². The predicted molar refractivity (Wildman–Crippen MR) is 65.6 cm³/mol. The largest absolute Gasteiger partial charge is 0.327 e. The fourth-order valence-electron chi connectivity index (χ4n) is 2.38. The number of nitrogens with two attached hydrogens (primary N) is 1. The molecule has 1 nitrogen and oxygen atoms in total. The van der Waals surface area contributed by atoms with E-state index in [0.717, 1.165) is 28.5 Å². The van der Waals surface area contributed by atoms with Crippen molar-refractivity contribution >= 4 is 23.2 Å². The van der Waals surface area contributed by atoms with Gasteiger partial charge in [0.15, 0.2) is 0 Å². The zero-order valence-corrected chi connectivity index (χ0v) is 10.1. The minimum absolute atomic E-state index is 0.205. The number of halogens is 2. The maximum atomic E-state index is 6.19. The average molecular weight is 244 g/mol. The predicted octanol–water partition coefficient (Wildman–Crippen LogP) is 3.98. The molecule has 2 N–H and O–H groups in total. The van der Waals surface area contributed by atoms with Crippen molar-refractivity contribution in [3.8, 4) is 0 Å². The third kappa shape index (κ3) is 2.30. The number of benzene rings is 1. The van der Waals surface area contributed by atoms with Crippen molar-refractivity contribution in [3.05, 3.63) is 33.8 Å². The molecule has 1 fully saturated rings. The highest BCUT2D eigenvalue weighted by Crippen LogP contribution is 2.39. The summed E-state index contributed by atoms with van der Waals surface area (Å²) in [4.78, 5) is 0. The summed E-state index contributed by atoms with van der Waals surface area (Å²) in [5.41, 5.74) is 7.18. The van der Waals surface area contributed by atoms with Crippen molar-refractivity contribution in [2.75, 3.05) is 0 Å². The minimum atomic E-state index is 0.205. The van der Waals surface area contributed by atoms with Gasteiger partial charge in [0.2, 0.25) is 0 Å². The molecule has 15 heavy (non-hydrogen) atoms. The molecular weight excluding hydrogens is 229 g/mol. The van der Waals surface area contributed by atoms with Gasteiger partial charge in [0.05, 0.1) is 0 Å². The van der Waals surface area contributed by atoms with Crippen LogP contribution in [-0.4, -0.2) is 6.04 Å². The number of rotatable bonds is 1. The highest BCUT2D eigenvalue weighted by atomic mass is 35.5. The van der Waals surface area contributed by atoms with E-state index in [2.05, 4.69) is 0 Å². The molecule has 2 atom stereocenters. The molecule has 2 rings (SSSR count). The molecule has 1 aliphatic carbocycles. The Labute approximate surface area is 101 Å². The fourth-order valence-corrected chi connectivity index (χ4v) is 3.06. The summed E-state index contributed by atoms with van der Waals surface area (Å²) in [6.45, 7) is 0. The molecule has 82 valence electrons. The molecular formula is C12H15Cl2N. The summed E-state index contributed by atoms with van der Waals surface area (Å²) in [5.74, 6) is 0.333. The van der Waals surface area contributed by atoms with Crippen LogP contribution >= 0.6 is 23.2 Å². The van der Waals surface area contributed by atoms with Crippen LogP contribution in [0.5, 0.6) is 0 Å². The van der Waals surface area contributed by atoms with Crippen LogP contribution in [0.15, 0.2) is 18.2 Å². The Morgan fingerprint density at radius 1 is 1.07 bits per heavy atom. The lowest BCUT2D eigenvalue weighted by Gasteiger charge is -2.30. The minimum Gasteiger partial charge on any atom is -0.327 e. The molecule has 0 aromatic heterocycles. The van der Waals surface area contributed by atoms with Gasteiger partial charge < -0.3 is 5.73 Å². The summed E-state index contributed by atoms with van der Waals surface area (Å²) in [6.07, 6.45) is 4.62. The molecule has 2 unspecified atom stereocenters. The molecule has 1 aromatic carbocycles. The zero-order valence-electron chi connectivity index (χ0n) is 8.55. The van der Waals surface area contributed by atoms with Crippen molar-refractivity contribution in [2.45, 2.75) is 37.6 Å². The van der Waals surface area contributed by atoms with Gasteiger partial charge >= 0.3 is 0 Å². The summed E-state index contributed by atoms with van der Waals surface area (Å²) in [5, 5.41) is 1.51. The quantitative estimate of drug-likeness (QED) is 0.794. The van der Waals surface area contributed by atoms with Gasteiger partial charge in [-0.15, -0.1) is 0 Å². The second-order valence-electron chi connectivity index (χ2n) is 4.19. The van der Waals surface area contributed by atoms with Gasteiger partial charge in [0.1, 0.15) is 0 Å². The molecule has 1 aliphatic rings. The second-order valence-corrected chi connectivity index (χ2v) is 5.00. The van der Waals surface area contributed by atoms with Crippen LogP contribution in [-0.2, 0) is 0 Å². The third-order valence-corrected chi connectivity index (χ3v) is 3.85. The molecule has 0 amide bonds. The SMILES string of the molecule is NC1CCCCC1c1c(Cl)cccc1Cl. The lowest BCUT2D eigenvalue weighted by molar-refractivity contribution is 0.385. The number of hydrogen-bond donors (Lipinski definition) is 1. The highest BCUT2D eigenvalue weighted by molar-refractivity contribution is 6.36. The van der Waals surface area contributed by atoms with Crippen LogP contribution in [0.4, 0.5) is 0 Å². The van der Waals surface area contributed by atoms with E-state index < -0.39 is 0 Å². The highest BCUT2D eigenvalue weighted by Gasteiger charge is 2.26. The Morgan fingerprint density at radius 2 is 1.67 bits per heavy atom. The summed E-state index contributed by atoms with van der Waals surface area (Å²) < 4.78 is 0. The molecule has 0 aliphatic heterocycles. The first kappa shape index (κ1) is 11.3. The average Bonchev–Trinajstić information content (AvgIpc) is 2.20. The van der Waals surface area contributed by atoms with E-state index in [4.69, 9.17) is 28.9 Å². The summed E-state index contributed by atoms with van der Waals surface area (Å²) >= 11 is 12.4. The van der Waals surface area contributed by atoms with E-state index in [9.17, 15) is 0 Å². The summed E-state index contributed by atoms with van der Waals surface area (Å²) in [6, 6.07) is 5.87. The van der Waals surface area contributed by atoms with Gasteiger partial charge in [-0.1, -0.05) is 42.1 Å². The maximum Gasteiger partial charge on any atom is 0.0456 e. The van der Waals surface area contributed by atoms with Gasteiger partial charge in [-0.05, 0) is 30.5 Å². The fraction of sp³-hybridized carbons (Fsp3) is 0.500. The van der Waals surface area contributed by atoms with Crippen LogP contribution in [0.25, 0.3) is 0 Å². The standard InChI is InChI=1S/C12H15Cl2N/c13-9-5-3-6-10(14)12(9)8-4-1-2-7-11(8)15/h3,5-6,8,11H,1-2,4,7,15H2. The maximum absolute atomic E-state index is 6.19. The lowest BCUT2D eigenvalue weighted by atomic mass is 9.80. The second kappa shape index (κ2) is 4.73. The molecule has 0 bridgehead atoms. The third-order valence-electron chi connectivity index (χ3n) is 3.19. The van der Waals surface area contributed by atoms with Crippen molar-refractivity contribution in [3.63, 3.8) is 0 Å². The Bertz CT molecular complexity index is 331. The van der Waals surface area contributed by atoms with E-state index in [1.54, 1.807) is 0 Å². The van der Waals surface area contributed by atoms with Crippen molar-refractivity contribution in [2.24, 2.45) is 5.73 Å². The molecule has 0 radical (unpaired) electrons. The normalized spacial score (nSPS) is 26.6. The van der Waals surface area contributed by atoms with E-state index in [0.29, 0.717) is 5.92 Å². The van der Waals surface area contributed by atoms with Gasteiger partial charge in [-0.25, -0.2) is 0 Å². The monoisotopic (exact) mass is 243 g/mol. The van der Waals surface area contributed by atoms with E-state index in [-0.39, 0.29) is 6.04 Å². The van der Waals surface area contributed by atoms with Crippen molar-refractivity contribution in [1.82, 2.24) is 0 Å². The van der Waals surface area contributed by atoms with Crippen LogP contribution in [0.2, 0.25) is 10.0 Å². The molecule has 1 aromatic rings. The Kier molecular flexibility index (Phi) is 3.55. The smallest absolute Gasteiger partial charge is 0.0456 e. The van der Waals surface area contributed by atoms with Crippen LogP contribution in [0.1, 0.15) is 37.2 Å². The Balaban J connectivity index is 2.35. The Morgan fingerprint density at radius 3 is 2.27 bits per heavy atom. The molecule has 0 spiro atoms. The van der Waals surface area contributed by atoms with Gasteiger partial charge in [-0.3, -0.25) is 0 Å². The molecule has 1 saturated carbocycles. The van der Waals surface area contributed by atoms with Crippen LogP contribution in [0, 0.1) is 0 Å². The van der Waals surface area contributed by atoms with E-state index in [1.165, 1.54) is 12.8 Å². The molecule has 3 heteroatoms. The van der Waals surface area contributed by atoms with Gasteiger partial charge in [0, 0.05) is 22.0 Å².